The fraction of sp³-hybridized carbons (Fsp3) is 0.833. The molecule has 4 nitrogen and oxygen atoms in total. The van der Waals surface area contributed by atoms with Crippen LogP contribution in [0.2, 0.25) is 0 Å². The minimum atomic E-state index is -0.798. The smallest absolute Gasteiger partial charge is 0.407 e. The summed E-state index contributed by atoms with van der Waals surface area (Å²) in [4.78, 5) is 13.9. The fourth-order valence-electron chi connectivity index (χ4n) is 0.998. The third kappa shape index (κ3) is 1.60. The predicted molar refractivity (Wildman–Crippen MR) is 37.1 cm³/mol. The molecule has 10 heavy (non-hydrogen) atoms. The molecule has 0 atom stereocenters. The fourth-order valence-corrected chi connectivity index (χ4v) is 0.998. The molecule has 0 bridgehead atoms. The molecule has 1 aliphatic heterocycles. The van der Waals surface area contributed by atoms with Crippen LogP contribution in [-0.4, -0.2) is 54.2 Å². The lowest BCUT2D eigenvalue weighted by Gasteiger charge is -2.30. The van der Waals surface area contributed by atoms with E-state index >= 15 is 0 Å². The summed E-state index contributed by atoms with van der Waals surface area (Å²) in [5.41, 5.74) is 0. The zero-order chi connectivity index (χ0) is 7.56. The summed E-state index contributed by atoms with van der Waals surface area (Å²) in [5.74, 6) is 0. The molecule has 58 valence electrons. The highest BCUT2D eigenvalue weighted by atomic mass is 16.4. The maximum absolute atomic E-state index is 10.4. The van der Waals surface area contributed by atoms with E-state index in [0.29, 0.717) is 13.1 Å². The van der Waals surface area contributed by atoms with Crippen LogP contribution in [0.25, 0.3) is 0 Å². The van der Waals surface area contributed by atoms with Crippen LogP contribution in [0.4, 0.5) is 4.79 Å². The Hall–Kier alpha value is -0.770. The van der Waals surface area contributed by atoms with E-state index in [1.165, 1.54) is 4.90 Å². The van der Waals surface area contributed by atoms with Gasteiger partial charge in [0.25, 0.3) is 0 Å². The summed E-state index contributed by atoms with van der Waals surface area (Å²) in [5, 5.41) is 8.53. The Balaban J connectivity index is 2.33. The van der Waals surface area contributed by atoms with Gasteiger partial charge in [-0.15, -0.1) is 0 Å². The molecule has 4 heteroatoms. The van der Waals surface area contributed by atoms with Gasteiger partial charge in [0.2, 0.25) is 0 Å². The standard InChI is InChI=1S/C6H12N2O2/c1-7-2-4-8(5-3-7)6(9)10/h2-5H2,1H3,(H,9,10). The second kappa shape index (κ2) is 2.88. The molecule has 1 heterocycles. The Kier molecular flexibility index (Phi) is 2.11. The second-order valence-electron chi connectivity index (χ2n) is 2.57. The van der Waals surface area contributed by atoms with Gasteiger partial charge in [0, 0.05) is 26.2 Å². The Labute approximate surface area is 60.0 Å². The minimum Gasteiger partial charge on any atom is -0.465 e. The van der Waals surface area contributed by atoms with E-state index in [0.717, 1.165) is 13.1 Å². The summed E-state index contributed by atoms with van der Waals surface area (Å²) in [7, 11) is 2.00. The normalized spacial score (nSPS) is 21.1. The Morgan fingerprint density at radius 1 is 1.30 bits per heavy atom. The van der Waals surface area contributed by atoms with Crippen molar-refractivity contribution in [3.8, 4) is 0 Å². The molecule has 1 saturated heterocycles. The molecule has 1 aliphatic rings. The summed E-state index contributed by atoms with van der Waals surface area (Å²) in [6, 6.07) is 0. The van der Waals surface area contributed by atoms with E-state index in [9.17, 15) is 4.79 Å². The first-order valence-electron chi connectivity index (χ1n) is 3.36. The predicted octanol–water partition coefficient (Wildman–Crippen LogP) is -0.0882. The highest BCUT2D eigenvalue weighted by molar-refractivity contribution is 5.65. The van der Waals surface area contributed by atoms with Crippen LogP contribution < -0.4 is 0 Å². The molecule has 1 fully saturated rings. The number of carboxylic acid groups (broad SMARTS) is 1. The van der Waals surface area contributed by atoms with Crippen LogP contribution in [0.1, 0.15) is 0 Å². The van der Waals surface area contributed by atoms with E-state index in [1.807, 2.05) is 7.05 Å². The maximum Gasteiger partial charge on any atom is 0.407 e. The molecule has 0 aromatic rings. The van der Waals surface area contributed by atoms with Crippen molar-refractivity contribution in [3.05, 3.63) is 0 Å². The van der Waals surface area contributed by atoms with Gasteiger partial charge in [0.1, 0.15) is 0 Å². The summed E-state index contributed by atoms with van der Waals surface area (Å²) in [6.07, 6.45) is -0.798. The zero-order valence-electron chi connectivity index (χ0n) is 6.08. The number of likely N-dealkylation sites (N-methyl/N-ethyl adjacent to an activating group) is 1. The van der Waals surface area contributed by atoms with Gasteiger partial charge in [-0.2, -0.15) is 0 Å². The lowest BCUT2D eigenvalue weighted by atomic mass is 10.3. The first kappa shape index (κ1) is 7.34. The van der Waals surface area contributed by atoms with Crippen molar-refractivity contribution in [2.24, 2.45) is 0 Å². The number of carbonyl (C=O) groups is 1. The van der Waals surface area contributed by atoms with Crippen LogP contribution in [-0.2, 0) is 0 Å². The number of nitrogens with zero attached hydrogens (tertiary/aromatic N) is 2. The van der Waals surface area contributed by atoms with Crippen LogP contribution >= 0.6 is 0 Å². The average Bonchev–Trinajstić information content (AvgIpc) is 1.88. The van der Waals surface area contributed by atoms with Crippen LogP contribution in [0, 0.1) is 0 Å². The van der Waals surface area contributed by atoms with Gasteiger partial charge >= 0.3 is 6.09 Å². The second-order valence-corrected chi connectivity index (χ2v) is 2.57. The van der Waals surface area contributed by atoms with Crippen LogP contribution in [0.3, 0.4) is 0 Å². The van der Waals surface area contributed by atoms with Gasteiger partial charge < -0.3 is 14.9 Å². The van der Waals surface area contributed by atoms with E-state index in [2.05, 4.69) is 4.90 Å². The first-order valence-corrected chi connectivity index (χ1v) is 3.36. The average molecular weight is 144 g/mol. The number of hydrogen-bond donors (Lipinski definition) is 1. The van der Waals surface area contributed by atoms with Crippen molar-refractivity contribution in [1.82, 2.24) is 9.80 Å². The minimum absolute atomic E-state index is 0.645. The molecule has 0 aromatic heterocycles. The Morgan fingerprint density at radius 3 is 2.20 bits per heavy atom. The molecule has 0 aromatic carbocycles. The molecule has 0 radical (unpaired) electrons. The van der Waals surface area contributed by atoms with Crippen LogP contribution in [0.5, 0.6) is 0 Å². The highest BCUT2D eigenvalue weighted by Crippen LogP contribution is 1.97. The molecule has 0 unspecified atom stereocenters. The summed E-state index contributed by atoms with van der Waals surface area (Å²) < 4.78 is 0. The SMILES string of the molecule is CN1CCN(C(=O)O)CC1. The number of piperazine rings is 1. The monoisotopic (exact) mass is 144 g/mol. The van der Waals surface area contributed by atoms with Crippen molar-refractivity contribution in [3.63, 3.8) is 0 Å². The third-order valence-corrected chi connectivity index (χ3v) is 1.77. The van der Waals surface area contributed by atoms with Crippen LogP contribution in [0.15, 0.2) is 0 Å². The van der Waals surface area contributed by atoms with Crippen molar-refractivity contribution in [1.29, 1.82) is 0 Å². The van der Waals surface area contributed by atoms with Crippen molar-refractivity contribution < 1.29 is 9.90 Å². The summed E-state index contributed by atoms with van der Waals surface area (Å²) >= 11 is 0. The van der Waals surface area contributed by atoms with Gasteiger partial charge in [-0.3, -0.25) is 0 Å². The van der Waals surface area contributed by atoms with Crippen molar-refractivity contribution in [2.45, 2.75) is 0 Å². The van der Waals surface area contributed by atoms with E-state index in [4.69, 9.17) is 5.11 Å². The van der Waals surface area contributed by atoms with Gasteiger partial charge in [0.05, 0.1) is 0 Å². The zero-order valence-corrected chi connectivity index (χ0v) is 6.08. The molecule has 1 amide bonds. The Morgan fingerprint density at radius 2 is 1.80 bits per heavy atom. The molecular formula is C6H12N2O2. The third-order valence-electron chi connectivity index (χ3n) is 1.77. The summed E-state index contributed by atoms with van der Waals surface area (Å²) in [6.45, 7) is 3.00. The molecule has 1 rings (SSSR count). The van der Waals surface area contributed by atoms with E-state index < -0.39 is 6.09 Å². The number of hydrogen-bond acceptors (Lipinski definition) is 2. The molecule has 1 N–H and O–H groups in total. The largest absolute Gasteiger partial charge is 0.465 e. The van der Waals surface area contributed by atoms with Crippen molar-refractivity contribution >= 4 is 6.09 Å². The molecule has 0 aliphatic carbocycles. The first-order chi connectivity index (χ1) is 4.70. The Bertz CT molecular complexity index is 130. The van der Waals surface area contributed by atoms with E-state index in [-0.39, 0.29) is 0 Å². The molecule has 0 spiro atoms. The van der Waals surface area contributed by atoms with E-state index in [1.54, 1.807) is 0 Å². The molecular weight excluding hydrogens is 132 g/mol. The number of amides is 1. The van der Waals surface area contributed by atoms with Gasteiger partial charge in [-0.05, 0) is 7.05 Å². The van der Waals surface area contributed by atoms with Crippen molar-refractivity contribution in [2.75, 3.05) is 33.2 Å². The lowest BCUT2D eigenvalue weighted by Crippen LogP contribution is -2.46. The number of rotatable bonds is 0. The van der Waals surface area contributed by atoms with Gasteiger partial charge in [-0.1, -0.05) is 0 Å². The van der Waals surface area contributed by atoms with Gasteiger partial charge in [-0.25, -0.2) is 4.79 Å². The molecule has 0 saturated carbocycles. The maximum atomic E-state index is 10.4. The topological polar surface area (TPSA) is 43.8 Å². The highest BCUT2D eigenvalue weighted by Gasteiger charge is 2.16. The van der Waals surface area contributed by atoms with Gasteiger partial charge in [0.15, 0.2) is 0 Å². The lowest BCUT2D eigenvalue weighted by molar-refractivity contribution is 0.115. The quantitative estimate of drug-likeness (QED) is 0.517.